The molecule has 0 bridgehead atoms. The highest BCUT2D eigenvalue weighted by molar-refractivity contribution is 7.92. The van der Waals surface area contributed by atoms with Crippen molar-refractivity contribution in [2.45, 2.75) is 62.1 Å². The van der Waals surface area contributed by atoms with Gasteiger partial charge in [-0.15, -0.1) is 0 Å². The third kappa shape index (κ3) is 4.63. The van der Waals surface area contributed by atoms with Crippen LogP contribution in [-0.2, 0) is 14.6 Å². The summed E-state index contributed by atoms with van der Waals surface area (Å²) in [6, 6.07) is 10.8. The Bertz CT molecular complexity index is 1180. The van der Waals surface area contributed by atoms with E-state index < -0.39 is 21.1 Å². The molecule has 0 aliphatic heterocycles. The predicted molar refractivity (Wildman–Crippen MR) is 121 cm³/mol. The van der Waals surface area contributed by atoms with E-state index in [4.69, 9.17) is 0 Å². The zero-order valence-corrected chi connectivity index (χ0v) is 18.7. The van der Waals surface area contributed by atoms with Crippen LogP contribution in [0.4, 0.5) is 5.82 Å². The lowest BCUT2D eigenvalue weighted by Crippen LogP contribution is -2.28. The molecule has 1 aliphatic carbocycles. The number of hydrogen-bond donors (Lipinski definition) is 1. The Morgan fingerprint density at radius 1 is 1.16 bits per heavy atom. The van der Waals surface area contributed by atoms with Crippen LogP contribution in [0, 0.1) is 5.92 Å². The first-order valence-corrected chi connectivity index (χ1v) is 12.3. The SMILES string of the molecule is CC(C)S(=O)(=O)c1cnn([C@@H](CC2CCCC2)C(=O)Nc2ccc3ccccc3n2)c1. The molecule has 164 valence electrons. The number of carbonyl (C=O) groups excluding carboxylic acids is 1. The van der Waals surface area contributed by atoms with Gasteiger partial charge in [-0.3, -0.25) is 9.48 Å². The van der Waals surface area contributed by atoms with Crippen molar-refractivity contribution >= 4 is 32.5 Å². The van der Waals surface area contributed by atoms with Crippen molar-refractivity contribution in [2.75, 3.05) is 5.32 Å². The fraction of sp³-hybridized carbons (Fsp3) is 0.435. The van der Waals surface area contributed by atoms with Crippen LogP contribution in [0.1, 0.15) is 52.0 Å². The molecule has 1 aromatic carbocycles. The van der Waals surface area contributed by atoms with Gasteiger partial charge in [-0.05, 0) is 44.4 Å². The van der Waals surface area contributed by atoms with Crippen LogP contribution in [-0.4, -0.2) is 34.3 Å². The van der Waals surface area contributed by atoms with Crippen LogP contribution < -0.4 is 5.32 Å². The average Bonchev–Trinajstić information content (AvgIpc) is 3.44. The highest BCUT2D eigenvalue weighted by atomic mass is 32.2. The summed E-state index contributed by atoms with van der Waals surface area (Å²) in [5, 5.41) is 7.64. The zero-order valence-electron chi connectivity index (χ0n) is 17.9. The summed E-state index contributed by atoms with van der Waals surface area (Å²) in [6.45, 7) is 3.28. The molecule has 31 heavy (non-hydrogen) atoms. The van der Waals surface area contributed by atoms with E-state index >= 15 is 0 Å². The smallest absolute Gasteiger partial charge is 0.250 e. The molecule has 3 aromatic rings. The van der Waals surface area contributed by atoms with Crippen molar-refractivity contribution in [1.29, 1.82) is 0 Å². The number of hydrogen-bond acceptors (Lipinski definition) is 5. The van der Waals surface area contributed by atoms with Gasteiger partial charge in [0.25, 0.3) is 0 Å². The van der Waals surface area contributed by atoms with Crippen LogP contribution >= 0.6 is 0 Å². The first-order chi connectivity index (χ1) is 14.8. The third-order valence-electron chi connectivity index (χ3n) is 6.03. The van der Waals surface area contributed by atoms with Gasteiger partial charge >= 0.3 is 0 Å². The van der Waals surface area contributed by atoms with Gasteiger partial charge in [-0.1, -0.05) is 43.9 Å². The second-order valence-corrected chi connectivity index (χ2v) is 11.0. The molecule has 0 saturated heterocycles. The Morgan fingerprint density at radius 2 is 1.90 bits per heavy atom. The Morgan fingerprint density at radius 3 is 2.65 bits per heavy atom. The van der Waals surface area contributed by atoms with Crippen LogP contribution in [0.5, 0.6) is 0 Å². The average molecular weight is 441 g/mol. The van der Waals surface area contributed by atoms with Crippen molar-refractivity contribution in [3.05, 3.63) is 48.8 Å². The number of sulfone groups is 1. The molecular weight excluding hydrogens is 412 g/mol. The maximum absolute atomic E-state index is 13.3. The van der Waals surface area contributed by atoms with Crippen LogP contribution in [0.15, 0.2) is 53.7 Å². The quantitative estimate of drug-likeness (QED) is 0.589. The molecule has 1 fully saturated rings. The van der Waals surface area contributed by atoms with Crippen LogP contribution in [0.3, 0.4) is 0 Å². The lowest BCUT2D eigenvalue weighted by atomic mass is 9.98. The first-order valence-electron chi connectivity index (χ1n) is 10.8. The number of rotatable bonds is 7. The molecule has 0 unspecified atom stereocenters. The van der Waals surface area contributed by atoms with E-state index in [1.54, 1.807) is 19.9 Å². The van der Waals surface area contributed by atoms with Crippen molar-refractivity contribution in [1.82, 2.24) is 14.8 Å². The number of benzene rings is 1. The molecule has 1 aliphatic rings. The van der Waals surface area contributed by atoms with E-state index in [-0.39, 0.29) is 10.8 Å². The monoisotopic (exact) mass is 440 g/mol. The molecule has 7 nitrogen and oxygen atoms in total. The van der Waals surface area contributed by atoms with Gasteiger partial charge in [0.15, 0.2) is 9.84 Å². The molecule has 1 amide bonds. The summed E-state index contributed by atoms with van der Waals surface area (Å²) >= 11 is 0. The second-order valence-electron chi connectivity index (χ2n) is 8.53. The molecule has 8 heteroatoms. The summed E-state index contributed by atoms with van der Waals surface area (Å²) in [6.07, 6.45) is 7.95. The van der Waals surface area contributed by atoms with Crippen LogP contribution in [0.2, 0.25) is 0 Å². The number of nitrogens with one attached hydrogen (secondary N) is 1. The zero-order chi connectivity index (χ0) is 22.0. The summed E-state index contributed by atoms with van der Waals surface area (Å²) in [5.74, 6) is 0.670. The fourth-order valence-electron chi connectivity index (χ4n) is 4.15. The van der Waals surface area contributed by atoms with E-state index in [2.05, 4.69) is 15.4 Å². The number of aromatic nitrogens is 3. The van der Waals surface area contributed by atoms with Gasteiger partial charge < -0.3 is 5.32 Å². The highest BCUT2D eigenvalue weighted by Crippen LogP contribution is 2.33. The van der Waals surface area contributed by atoms with Crippen LogP contribution in [0.25, 0.3) is 10.9 Å². The number of amides is 1. The Kier molecular flexibility index (Phi) is 6.09. The summed E-state index contributed by atoms with van der Waals surface area (Å²) in [4.78, 5) is 18.0. The Labute approximate surface area is 182 Å². The number of anilines is 1. The molecule has 1 atom stereocenters. The molecule has 0 spiro atoms. The summed E-state index contributed by atoms with van der Waals surface area (Å²) in [7, 11) is -3.45. The molecule has 2 heterocycles. The van der Waals surface area contributed by atoms with Gasteiger partial charge in [-0.25, -0.2) is 13.4 Å². The van der Waals surface area contributed by atoms with E-state index in [9.17, 15) is 13.2 Å². The van der Waals surface area contributed by atoms with E-state index in [1.807, 2.05) is 30.3 Å². The molecule has 0 radical (unpaired) electrons. The first kappa shape index (κ1) is 21.5. The largest absolute Gasteiger partial charge is 0.309 e. The highest BCUT2D eigenvalue weighted by Gasteiger charge is 2.29. The lowest BCUT2D eigenvalue weighted by Gasteiger charge is -2.20. The summed E-state index contributed by atoms with van der Waals surface area (Å²) in [5.41, 5.74) is 0.803. The van der Waals surface area contributed by atoms with Crippen molar-refractivity contribution in [3.63, 3.8) is 0 Å². The van der Waals surface area contributed by atoms with Gasteiger partial charge in [0, 0.05) is 11.6 Å². The number of carbonyl (C=O) groups is 1. The van der Waals surface area contributed by atoms with E-state index in [0.29, 0.717) is 18.2 Å². The maximum Gasteiger partial charge on any atom is 0.250 e. The number of pyridine rings is 1. The lowest BCUT2D eigenvalue weighted by molar-refractivity contribution is -0.120. The Hall–Kier alpha value is -2.74. The molecule has 4 rings (SSSR count). The second kappa shape index (κ2) is 8.78. The molecule has 2 aromatic heterocycles. The van der Waals surface area contributed by atoms with E-state index in [1.165, 1.54) is 17.1 Å². The molecule has 1 saturated carbocycles. The maximum atomic E-state index is 13.3. The van der Waals surface area contributed by atoms with Gasteiger partial charge in [0.1, 0.15) is 16.8 Å². The van der Waals surface area contributed by atoms with Gasteiger partial charge in [0.05, 0.1) is 17.0 Å². The van der Waals surface area contributed by atoms with Gasteiger partial charge in [0.2, 0.25) is 5.91 Å². The topological polar surface area (TPSA) is 94.0 Å². The number of para-hydroxylation sites is 1. The minimum absolute atomic E-state index is 0.149. The van der Waals surface area contributed by atoms with Gasteiger partial charge in [-0.2, -0.15) is 5.10 Å². The van der Waals surface area contributed by atoms with Crippen molar-refractivity contribution in [3.8, 4) is 0 Å². The minimum Gasteiger partial charge on any atom is -0.309 e. The standard InChI is InChI=1S/C23H28N4O3S/c1-16(2)31(29,30)19-14-24-27(15-19)21(13-17-7-3-4-8-17)23(28)26-22-12-11-18-9-5-6-10-20(18)25-22/h5-6,9-12,14-17,21H,3-4,7-8,13H2,1-2H3,(H,25,26,28)/t21-/m0/s1. The number of nitrogens with zero attached hydrogens (tertiary/aromatic N) is 3. The van der Waals surface area contributed by atoms with E-state index in [0.717, 1.165) is 36.6 Å². The normalized spacial score (nSPS) is 16.1. The van der Waals surface area contributed by atoms with Crippen molar-refractivity contribution in [2.24, 2.45) is 5.92 Å². The number of fused-ring (bicyclic) bond motifs is 1. The fourth-order valence-corrected chi connectivity index (χ4v) is 5.15. The minimum atomic E-state index is -3.45. The van der Waals surface area contributed by atoms with Crippen molar-refractivity contribution < 1.29 is 13.2 Å². The third-order valence-corrected chi connectivity index (χ3v) is 8.14. The predicted octanol–water partition coefficient (Wildman–Crippen LogP) is 4.37. The molecule has 1 N–H and O–H groups in total. The molecular formula is C23H28N4O3S. The summed E-state index contributed by atoms with van der Waals surface area (Å²) < 4.78 is 26.6. The Balaban J connectivity index is 1.61.